The molecular formula is C25H30N4O4. The first-order valence-electron chi connectivity index (χ1n) is 11.7. The quantitative estimate of drug-likeness (QED) is 0.376. The van der Waals surface area contributed by atoms with Crippen LogP contribution in [-0.4, -0.2) is 80.0 Å². The van der Waals surface area contributed by atoms with Crippen LogP contribution in [-0.2, 0) is 4.74 Å². The molecule has 2 N–H and O–H groups in total. The van der Waals surface area contributed by atoms with Crippen LogP contribution < -0.4 is 10.2 Å². The van der Waals surface area contributed by atoms with E-state index in [0.717, 1.165) is 60.4 Å². The number of hydrogen-bond donors (Lipinski definition) is 2. The third-order valence-corrected chi connectivity index (χ3v) is 6.49. The summed E-state index contributed by atoms with van der Waals surface area (Å²) < 4.78 is 11.3. The van der Waals surface area contributed by atoms with Gasteiger partial charge in [-0.3, -0.25) is 9.69 Å². The zero-order chi connectivity index (χ0) is 22.8. The number of carbonyl (C=O) groups excluding carboxylic acids is 1. The average molecular weight is 451 g/mol. The summed E-state index contributed by atoms with van der Waals surface area (Å²) in [5.74, 6) is 0.659. The normalized spacial score (nSPS) is 15.8. The van der Waals surface area contributed by atoms with Crippen molar-refractivity contribution in [3.05, 3.63) is 41.5 Å². The molecule has 0 spiro atoms. The van der Waals surface area contributed by atoms with Crippen molar-refractivity contribution in [2.75, 3.05) is 69.3 Å². The Balaban J connectivity index is 1.56. The number of ether oxygens (including phenoxy) is 1. The molecule has 33 heavy (non-hydrogen) atoms. The molecule has 174 valence electrons. The first-order valence-corrected chi connectivity index (χ1v) is 11.7. The molecule has 3 aromatic rings. The second-order valence-electron chi connectivity index (χ2n) is 8.46. The Labute approximate surface area is 193 Å². The van der Waals surface area contributed by atoms with Gasteiger partial charge in [0.15, 0.2) is 11.5 Å². The van der Waals surface area contributed by atoms with Crippen molar-refractivity contribution >= 4 is 28.1 Å². The smallest absolute Gasteiger partial charge is 0.196 e. The van der Waals surface area contributed by atoms with E-state index in [1.807, 2.05) is 31.2 Å². The van der Waals surface area contributed by atoms with Gasteiger partial charge in [0, 0.05) is 69.3 Å². The summed E-state index contributed by atoms with van der Waals surface area (Å²) in [5, 5.41) is 18.0. The fourth-order valence-corrected chi connectivity index (χ4v) is 4.82. The number of carbonyl (C=O) groups is 1. The summed E-state index contributed by atoms with van der Waals surface area (Å²) >= 11 is 0. The first-order chi connectivity index (χ1) is 16.2. The third-order valence-electron chi connectivity index (χ3n) is 6.49. The highest BCUT2D eigenvalue weighted by molar-refractivity contribution is 6.28. The maximum absolute atomic E-state index is 13.6. The fourth-order valence-electron chi connectivity index (χ4n) is 4.82. The van der Waals surface area contributed by atoms with Crippen molar-refractivity contribution in [2.45, 2.75) is 13.3 Å². The Morgan fingerprint density at radius 2 is 1.97 bits per heavy atom. The lowest BCUT2D eigenvalue weighted by Crippen LogP contribution is -2.47. The number of piperazine rings is 1. The average Bonchev–Trinajstić information content (AvgIpc) is 3.29. The molecule has 2 aromatic carbocycles. The Morgan fingerprint density at radius 3 is 2.73 bits per heavy atom. The number of hydrogen-bond acceptors (Lipinski definition) is 8. The molecule has 0 bridgehead atoms. The molecule has 2 aliphatic rings. The minimum atomic E-state index is -0.00192. The number of benzene rings is 2. The van der Waals surface area contributed by atoms with Gasteiger partial charge >= 0.3 is 0 Å². The second kappa shape index (κ2) is 9.51. The number of nitrogens with one attached hydrogen (secondary N) is 1. The molecule has 0 atom stereocenters. The van der Waals surface area contributed by atoms with Gasteiger partial charge in [-0.15, -0.1) is 0 Å². The van der Waals surface area contributed by atoms with Gasteiger partial charge in [0.05, 0.1) is 23.2 Å². The summed E-state index contributed by atoms with van der Waals surface area (Å²) in [6, 6.07) is 9.62. The van der Waals surface area contributed by atoms with Gasteiger partial charge in [0.2, 0.25) is 0 Å². The van der Waals surface area contributed by atoms with Crippen LogP contribution in [0.25, 0.3) is 22.2 Å². The number of aliphatic hydroxyl groups is 1. The predicted molar refractivity (Wildman–Crippen MR) is 128 cm³/mol. The van der Waals surface area contributed by atoms with Crippen molar-refractivity contribution in [3.63, 3.8) is 0 Å². The molecule has 1 fully saturated rings. The fraction of sp³-hybridized carbons (Fsp3) is 0.440. The van der Waals surface area contributed by atoms with Gasteiger partial charge in [-0.2, -0.15) is 0 Å². The molecule has 8 nitrogen and oxygen atoms in total. The number of aromatic nitrogens is 1. The monoisotopic (exact) mass is 450 g/mol. The van der Waals surface area contributed by atoms with E-state index in [1.165, 1.54) is 0 Å². The summed E-state index contributed by atoms with van der Waals surface area (Å²) in [6.07, 6.45) is 0.849. The van der Waals surface area contributed by atoms with Crippen LogP contribution in [0.1, 0.15) is 29.3 Å². The molecular weight excluding hydrogens is 420 g/mol. The molecule has 1 aromatic heterocycles. The van der Waals surface area contributed by atoms with Crippen LogP contribution in [0.5, 0.6) is 0 Å². The standard InChI is InChI=1S/C25H30N4O4/c1-2-32-15-5-8-26-19-16-20(29-11-9-28(10-12-29)13-14-30)23-22-21(19)24(31)17-6-3-4-7-18(17)25(22)33-27-23/h3-4,6-7,16,26,30H,2,5,8-15H2,1H3. The van der Waals surface area contributed by atoms with Gasteiger partial charge in [-0.05, 0) is 19.4 Å². The number of aliphatic hydroxyl groups excluding tert-OH is 1. The van der Waals surface area contributed by atoms with Gasteiger partial charge in [0.1, 0.15) is 5.52 Å². The van der Waals surface area contributed by atoms with Crippen LogP contribution >= 0.6 is 0 Å². The lowest BCUT2D eigenvalue weighted by Gasteiger charge is -2.36. The molecule has 1 saturated heterocycles. The van der Waals surface area contributed by atoms with Crippen LogP contribution in [0.2, 0.25) is 0 Å². The van der Waals surface area contributed by atoms with Crippen LogP contribution in [0, 0.1) is 0 Å². The largest absolute Gasteiger partial charge is 0.395 e. The van der Waals surface area contributed by atoms with E-state index >= 15 is 0 Å². The maximum Gasteiger partial charge on any atom is 0.196 e. The number of rotatable bonds is 9. The lowest BCUT2D eigenvalue weighted by atomic mass is 9.86. The van der Waals surface area contributed by atoms with E-state index < -0.39 is 0 Å². The Bertz CT molecular complexity index is 1150. The van der Waals surface area contributed by atoms with Gasteiger partial charge in [-0.25, -0.2) is 0 Å². The minimum absolute atomic E-state index is 0.00192. The van der Waals surface area contributed by atoms with E-state index in [4.69, 9.17) is 9.26 Å². The number of β-amino-alcohol motifs (C(OH)–C–C–N with tert-alkyl or cyclic N) is 1. The molecule has 2 heterocycles. The molecule has 0 radical (unpaired) electrons. The molecule has 0 saturated carbocycles. The number of nitrogens with zero attached hydrogens (tertiary/aromatic N) is 3. The molecule has 0 unspecified atom stereocenters. The highest BCUT2D eigenvalue weighted by atomic mass is 16.5. The highest BCUT2D eigenvalue weighted by Gasteiger charge is 2.34. The number of ketones is 1. The van der Waals surface area contributed by atoms with Crippen molar-refractivity contribution in [3.8, 4) is 11.3 Å². The Morgan fingerprint density at radius 1 is 1.18 bits per heavy atom. The van der Waals surface area contributed by atoms with Gasteiger partial charge in [-0.1, -0.05) is 29.4 Å². The molecule has 8 heteroatoms. The van der Waals surface area contributed by atoms with Crippen LogP contribution in [0.4, 0.5) is 11.4 Å². The van der Waals surface area contributed by atoms with E-state index in [9.17, 15) is 9.90 Å². The number of fused-ring (bicyclic) bond motifs is 2. The zero-order valence-electron chi connectivity index (χ0n) is 19.0. The minimum Gasteiger partial charge on any atom is -0.395 e. The summed E-state index contributed by atoms with van der Waals surface area (Å²) in [7, 11) is 0. The third kappa shape index (κ3) is 3.99. The molecule has 1 aliphatic heterocycles. The Hall–Kier alpha value is -2.94. The van der Waals surface area contributed by atoms with Crippen LogP contribution in [0.3, 0.4) is 0 Å². The van der Waals surface area contributed by atoms with E-state index in [2.05, 4.69) is 26.3 Å². The van der Waals surface area contributed by atoms with E-state index in [0.29, 0.717) is 43.2 Å². The zero-order valence-corrected chi connectivity index (χ0v) is 19.0. The topological polar surface area (TPSA) is 91.1 Å². The van der Waals surface area contributed by atoms with Crippen molar-refractivity contribution in [2.24, 2.45) is 0 Å². The van der Waals surface area contributed by atoms with Crippen molar-refractivity contribution < 1.29 is 19.2 Å². The lowest BCUT2D eigenvalue weighted by molar-refractivity contribution is 0.104. The molecule has 1 aliphatic carbocycles. The van der Waals surface area contributed by atoms with Crippen molar-refractivity contribution in [1.29, 1.82) is 0 Å². The predicted octanol–water partition coefficient (Wildman–Crippen LogP) is 2.99. The van der Waals surface area contributed by atoms with E-state index in [1.54, 1.807) is 0 Å². The molecule has 5 rings (SSSR count). The maximum atomic E-state index is 13.6. The van der Waals surface area contributed by atoms with Gasteiger partial charge < -0.3 is 24.6 Å². The number of anilines is 2. The summed E-state index contributed by atoms with van der Waals surface area (Å²) in [6.45, 7) is 8.31. The molecule has 0 amide bonds. The van der Waals surface area contributed by atoms with E-state index in [-0.39, 0.29) is 12.4 Å². The second-order valence-corrected chi connectivity index (χ2v) is 8.46. The van der Waals surface area contributed by atoms with Gasteiger partial charge in [0.25, 0.3) is 0 Å². The van der Waals surface area contributed by atoms with Crippen LogP contribution in [0.15, 0.2) is 34.9 Å². The highest BCUT2D eigenvalue weighted by Crippen LogP contribution is 2.45. The summed E-state index contributed by atoms with van der Waals surface area (Å²) in [4.78, 5) is 18.1. The summed E-state index contributed by atoms with van der Waals surface area (Å²) in [5.41, 5.74) is 4.61. The SMILES string of the molecule is CCOCCCNc1cc(N2CCN(CCO)CC2)c2noc3c2c1C(=O)c1ccccc1-3. The van der Waals surface area contributed by atoms with Crippen molar-refractivity contribution in [1.82, 2.24) is 10.1 Å². The Kier molecular flexibility index (Phi) is 6.30. The first kappa shape index (κ1) is 21.9.